The maximum absolute atomic E-state index is 5.86. The van der Waals surface area contributed by atoms with Crippen LogP contribution >= 0.6 is 0 Å². The molecule has 1 aromatic rings. The number of hydrogen-bond acceptors (Lipinski definition) is 2. The standard InChI is InChI=1S/C18H28N2/c1-2-4-13-5-3-6-16(9-13)18(20-19)12-17-11-14-7-8-15(17)10-14/h3,5-6,9,14-15,17-18,20H,2,4,7-8,10-12,19H2,1H3. The average molecular weight is 272 g/mol. The van der Waals surface area contributed by atoms with E-state index in [9.17, 15) is 0 Å². The molecule has 2 fully saturated rings. The molecule has 20 heavy (non-hydrogen) atoms. The summed E-state index contributed by atoms with van der Waals surface area (Å²) in [5.41, 5.74) is 5.89. The van der Waals surface area contributed by atoms with Crippen molar-refractivity contribution in [1.82, 2.24) is 5.43 Å². The summed E-state index contributed by atoms with van der Waals surface area (Å²) >= 11 is 0. The van der Waals surface area contributed by atoms with Gasteiger partial charge in [0.2, 0.25) is 0 Å². The number of rotatable bonds is 6. The van der Waals surface area contributed by atoms with Crippen molar-refractivity contribution in [2.24, 2.45) is 23.6 Å². The van der Waals surface area contributed by atoms with Gasteiger partial charge in [0, 0.05) is 6.04 Å². The monoisotopic (exact) mass is 272 g/mol. The van der Waals surface area contributed by atoms with E-state index < -0.39 is 0 Å². The number of nitrogens with two attached hydrogens (primary N) is 1. The van der Waals surface area contributed by atoms with Gasteiger partial charge in [0.25, 0.3) is 0 Å². The van der Waals surface area contributed by atoms with Gasteiger partial charge in [0.05, 0.1) is 0 Å². The Morgan fingerprint density at radius 1 is 1.30 bits per heavy atom. The normalized spacial score (nSPS) is 29.8. The third kappa shape index (κ3) is 2.91. The van der Waals surface area contributed by atoms with E-state index in [-0.39, 0.29) is 0 Å². The molecule has 2 aliphatic carbocycles. The predicted octanol–water partition coefficient (Wildman–Crippen LogP) is 3.97. The zero-order valence-electron chi connectivity index (χ0n) is 12.6. The molecule has 2 nitrogen and oxygen atoms in total. The molecule has 3 N–H and O–H groups in total. The van der Waals surface area contributed by atoms with Crippen LogP contribution in [-0.2, 0) is 6.42 Å². The number of aryl methyl sites for hydroxylation is 1. The molecule has 4 unspecified atom stereocenters. The Hall–Kier alpha value is -0.860. The van der Waals surface area contributed by atoms with Crippen LogP contribution in [0.3, 0.4) is 0 Å². The fourth-order valence-electron chi connectivity index (χ4n) is 4.52. The lowest BCUT2D eigenvalue weighted by Gasteiger charge is -2.27. The second-order valence-electron chi connectivity index (χ2n) is 6.88. The minimum Gasteiger partial charge on any atom is -0.271 e. The largest absolute Gasteiger partial charge is 0.271 e. The Morgan fingerprint density at radius 3 is 2.85 bits per heavy atom. The first-order valence-corrected chi connectivity index (χ1v) is 8.35. The highest BCUT2D eigenvalue weighted by Crippen LogP contribution is 2.50. The van der Waals surface area contributed by atoms with Crippen LogP contribution in [0.25, 0.3) is 0 Å². The molecule has 0 heterocycles. The Kier molecular flexibility index (Phi) is 4.42. The molecule has 2 bridgehead atoms. The molecule has 0 amide bonds. The SMILES string of the molecule is CCCc1cccc(C(CC2CC3CCC2C3)NN)c1. The van der Waals surface area contributed by atoms with Gasteiger partial charge < -0.3 is 0 Å². The van der Waals surface area contributed by atoms with Crippen molar-refractivity contribution in [3.8, 4) is 0 Å². The van der Waals surface area contributed by atoms with Crippen LogP contribution < -0.4 is 11.3 Å². The van der Waals surface area contributed by atoms with Gasteiger partial charge in [-0.25, -0.2) is 0 Å². The van der Waals surface area contributed by atoms with Gasteiger partial charge in [-0.05, 0) is 61.0 Å². The molecule has 0 aromatic heterocycles. The topological polar surface area (TPSA) is 38.0 Å². The van der Waals surface area contributed by atoms with Crippen LogP contribution in [0, 0.1) is 17.8 Å². The highest BCUT2D eigenvalue weighted by molar-refractivity contribution is 5.26. The van der Waals surface area contributed by atoms with Crippen LogP contribution in [0.4, 0.5) is 0 Å². The predicted molar refractivity (Wildman–Crippen MR) is 84.1 cm³/mol. The molecule has 0 radical (unpaired) electrons. The zero-order chi connectivity index (χ0) is 13.9. The van der Waals surface area contributed by atoms with Crippen molar-refractivity contribution in [1.29, 1.82) is 0 Å². The maximum Gasteiger partial charge on any atom is 0.0462 e. The minimum atomic E-state index is 0.330. The number of hydrogen-bond donors (Lipinski definition) is 2. The van der Waals surface area contributed by atoms with Crippen molar-refractivity contribution in [3.05, 3.63) is 35.4 Å². The lowest BCUT2D eigenvalue weighted by atomic mass is 9.82. The van der Waals surface area contributed by atoms with Gasteiger partial charge in [-0.15, -0.1) is 0 Å². The van der Waals surface area contributed by atoms with Crippen LogP contribution in [-0.4, -0.2) is 0 Å². The molecule has 3 rings (SSSR count). The van der Waals surface area contributed by atoms with Crippen molar-refractivity contribution in [2.75, 3.05) is 0 Å². The highest BCUT2D eigenvalue weighted by atomic mass is 15.2. The average Bonchev–Trinajstić information content (AvgIpc) is 3.08. The third-order valence-corrected chi connectivity index (χ3v) is 5.52. The lowest BCUT2D eigenvalue weighted by molar-refractivity contribution is 0.280. The Bertz CT molecular complexity index is 443. The third-order valence-electron chi connectivity index (χ3n) is 5.52. The second kappa shape index (κ2) is 6.28. The van der Waals surface area contributed by atoms with E-state index in [1.165, 1.54) is 56.1 Å². The molecule has 2 aliphatic rings. The molecule has 0 aliphatic heterocycles. The second-order valence-corrected chi connectivity index (χ2v) is 6.88. The molecule has 1 aromatic carbocycles. The van der Waals surface area contributed by atoms with Crippen LogP contribution in [0.1, 0.15) is 62.6 Å². The van der Waals surface area contributed by atoms with Gasteiger partial charge in [0.15, 0.2) is 0 Å². The minimum absolute atomic E-state index is 0.330. The van der Waals surface area contributed by atoms with E-state index in [1.807, 2.05) is 0 Å². The summed E-state index contributed by atoms with van der Waals surface area (Å²) in [6.07, 6.45) is 9.45. The zero-order valence-corrected chi connectivity index (χ0v) is 12.6. The van der Waals surface area contributed by atoms with Gasteiger partial charge in [-0.1, -0.05) is 44.0 Å². The van der Waals surface area contributed by atoms with Gasteiger partial charge in [-0.3, -0.25) is 11.3 Å². The van der Waals surface area contributed by atoms with Crippen molar-refractivity contribution in [3.63, 3.8) is 0 Å². The Morgan fingerprint density at radius 2 is 2.20 bits per heavy atom. The van der Waals surface area contributed by atoms with Crippen molar-refractivity contribution < 1.29 is 0 Å². The molecular formula is C18H28N2. The smallest absolute Gasteiger partial charge is 0.0462 e. The van der Waals surface area contributed by atoms with Crippen LogP contribution in [0.2, 0.25) is 0 Å². The summed E-state index contributed by atoms with van der Waals surface area (Å²) in [4.78, 5) is 0. The van der Waals surface area contributed by atoms with Crippen LogP contribution in [0.15, 0.2) is 24.3 Å². The van der Waals surface area contributed by atoms with E-state index in [0.717, 1.165) is 17.8 Å². The molecule has 0 saturated heterocycles. The van der Waals surface area contributed by atoms with E-state index in [0.29, 0.717) is 6.04 Å². The number of benzene rings is 1. The molecule has 4 atom stereocenters. The lowest BCUT2D eigenvalue weighted by Crippen LogP contribution is -2.30. The Balaban J connectivity index is 1.68. The van der Waals surface area contributed by atoms with Gasteiger partial charge in [-0.2, -0.15) is 0 Å². The molecule has 2 saturated carbocycles. The number of hydrazine groups is 1. The van der Waals surface area contributed by atoms with Gasteiger partial charge >= 0.3 is 0 Å². The fraction of sp³-hybridized carbons (Fsp3) is 0.667. The Labute approximate surface area is 123 Å². The summed E-state index contributed by atoms with van der Waals surface area (Å²) in [6, 6.07) is 9.33. The summed E-state index contributed by atoms with van der Waals surface area (Å²) in [5.74, 6) is 8.75. The van der Waals surface area contributed by atoms with Gasteiger partial charge in [0.1, 0.15) is 0 Å². The van der Waals surface area contributed by atoms with E-state index in [4.69, 9.17) is 5.84 Å². The van der Waals surface area contributed by atoms with E-state index in [1.54, 1.807) is 0 Å². The maximum atomic E-state index is 5.86. The quantitative estimate of drug-likeness (QED) is 0.607. The first-order valence-electron chi connectivity index (χ1n) is 8.35. The molecule has 2 heteroatoms. The molecule has 110 valence electrons. The van der Waals surface area contributed by atoms with Crippen molar-refractivity contribution in [2.45, 2.75) is 57.9 Å². The van der Waals surface area contributed by atoms with E-state index >= 15 is 0 Å². The van der Waals surface area contributed by atoms with Crippen molar-refractivity contribution >= 4 is 0 Å². The summed E-state index contributed by atoms with van der Waals surface area (Å²) in [5, 5.41) is 0. The number of nitrogens with one attached hydrogen (secondary N) is 1. The highest BCUT2D eigenvalue weighted by Gasteiger charge is 2.40. The first-order chi connectivity index (χ1) is 9.80. The van der Waals surface area contributed by atoms with E-state index in [2.05, 4.69) is 36.6 Å². The van der Waals surface area contributed by atoms with Crippen LogP contribution in [0.5, 0.6) is 0 Å². The summed E-state index contributed by atoms with van der Waals surface area (Å²) in [7, 11) is 0. The fourth-order valence-corrected chi connectivity index (χ4v) is 4.52. The molecule has 0 spiro atoms. The number of fused-ring (bicyclic) bond motifs is 2. The summed E-state index contributed by atoms with van der Waals surface area (Å²) < 4.78 is 0. The first kappa shape index (κ1) is 14.1. The molecular weight excluding hydrogens is 244 g/mol. The summed E-state index contributed by atoms with van der Waals surface area (Å²) in [6.45, 7) is 2.24.